The zero-order chi connectivity index (χ0) is 28.3. The SMILES string of the molecule is c1ccc2c(-c3ccc(N(c4cccc5c4oc4ccccc45)c4cccc5c4oc4ccccc45)cc3)cccc2c1. The van der Waals surface area contributed by atoms with Gasteiger partial charge in [0.1, 0.15) is 11.2 Å². The quantitative estimate of drug-likeness (QED) is 0.218. The molecule has 0 spiro atoms. The van der Waals surface area contributed by atoms with Crippen LogP contribution >= 0.6 is 0 Å². The Morgan fingerprint density at radius 2 is 0.860 bits per heavy atom. The highest BCUT2D eigenvalue weighted by Gasteiger charge is 2.23. The number of furan rings is 2. The number of hydrogen-bond acceptors (Lipinski definition) is 3. The number of hydrogen-bond donors (Lipinski definition) is 0. The van der Waals surface area contributed by atoms with E-state index in [9.17, 15) is 0 Å². The van der Waals surface area contributed by atoms with Crippen LogP contribution in [0.3, 0.4) is 0 Å². The van der Waals surface area contributed by atoms with Crippen molar-refractivity contribution in [2.75, 3.05) is 4.90 Å². The Kier molecular flexibility index (Phi) is 5.20. The fourth-order valence-corrected chi connectivity index (χ4v) is 6.49. The first-order valence-corrected chi connectivity index (χ1v) is 14.5. The van der Waals surface area contributed by atoms with Gasteiger partial charge in [-0.3, -0.25) is 0 Å². The van der Waals surface area contributed by atoms with Gasteiger partial charge in [0, 0.05) is 27.2 Å². The van der Waals surface area contributed by atoms with Crippen molar-refractivity contribution in [2.45, 2.75) is 0 Å². The van der Waals surface area contributed by atoms with Crippen molar-refractivity contribution < 1.29 is 8.83 Å². The van der Waals surface area contributed by atoms with Gasteiger partial charge in [-0.05, 0) is 58.3 Å². The highest BCUT2D eigenvalue weighted by molar-refractivity contribution is 6.14. The van der Waals surface area contributed by atoms with E-state index in [0.29, 0.717) is 0 Å². The summed E-state index contributed by atoms with van der Waals surface area (Å²) in [5.41, 5.74) is 8.75. The van der Waals surface area contributed by atoms with E-state index in [1.165, 1.54) is 21.9 Å². The van der Waals surface area contributed by atoms with Crippen molar-refractivity contribution in [3.05, 3.63) is 152 Å². The Balaban J connectivity index is 1.29. The van der Waals surface area contributed by atoms with E-state index < -0.39 is 0 Å². The third-order valence-corrected chi connectivity index (χ3v) is 8.47. The molecule has 0 aliphatic carbocycles. The highest BCUT2D eigenvalue weighted by atomic mass is 16.3. The molecule has 0 amide bonds. The summed E-state index contributed by atoms with van der Waals surface area (Å²) in [6.45, 7) is 0. The van der Waals surface area contributed by atoms with E-state index in [-0.39, 0.29) is 0 Å². The maximum absolute atomic E-state index is 6.55. The highest BCUT2D eigenvalue weighted by Crippen LogP contribution is 2.46. The molecular formula is C40H25NO2. The summed E-state index contributed by atoms with van der Waals surface area (Å²) in [5.74, 6) is 0. The van der Waals surface area contributed by atoms with Crippen LogP contribution in [0.15, 0.2) is 160 Å². The zero-order valence-corrected chi connectivity index (χ0v) is 23.2. The van der Waals surface area contributed by atoms with Crippen LogP contribution in [-0.2, 0) is 0 Å². The molecule has 202 valence electrons. The molecule has 0 saturated carbocycles. The van der Waals surface area contributed by atoms with E-state index in [1.807, 2.05) is 24.3 Å². The number of rotatable bonds is 4. The van der Waals surface area contributed by atoms with Gasteiger partial charge in [-0.1, -0.05) is 115 Å². The van der Waals surface area contributed by atoms with Crippen molar-refractivity contribution >= 4 is 71.7 Å². The molecule has 0 N–H and O–H groups in total. The van der Waals surface area contributed by atoms with E-state index >= 15 is 0 Å². The topological polar surface area (TPSA) is 29.5 Å². The Bertz CT molecular complexity index is 2350. The molecule has 0 aliphatic rings. The lowest BCUT2D eigenvalue weighted by molar-refractivity contribution is 0.666. The maximum Gasteiger partial charge on any atom is 0.159 e. The number of fused-ring (bicyclic) bond motifs is 7. The Labute approximate surface area is 247 Å². The molecule has 3 heteroatoms. The van der Waals surface area contributed by atoms with Crippen LogP contribution in [0.5, 0.6) is 0 Å². The normalized spacial score (nSPS) is 11.7. The Morgan fingerprint density at radius 3 is 1.49 bits per heavy atom. The van der Waals surface area contributed by atoms with E-state index in [0.717, 1.165) is 60.9 Å². The largest absolute Gasteiger partial charge is 0.454 e. The van der Waals surface area contributed by atoms with Crippen LogP contribution in [-0.4, -0.2) is 0 Å². The van der Waals surface area contributed by atoms with Crippen molar-refractivity contribution in [2.24, 2.45) is 0 Å². The molecular weight excluding hydrogens is 526 g/mol. The monoisotopic (exact) mass is 551 g/mol. The molecule has 0 fully saturated rings. The summed E-state index contributed by atoms with van der Waals surface area (Å²) in [6.07, 6.45) is 0. The molecule has 7 aromatic carbocycles. The minimum Gasteiger partial charge on any atom is -0.454 e. The van der Waals surface area contributed by atoms with Crippen LogP contribution in [0.1, 0.15) is 0 Å². The molecule has 0 radical (unpaired) electrons. The van der Waals surface area contributed by atoms with Crippen LogP contribution in [0.2, 0.25) is 0 Å². The average molecular weight is 552 g/mol. The predicted octanol–water partition coefficient (Wildman–Crippen LogP) is 11.8. The number of anilines is 3. The van der Waals surface area contributed by atoms with E-state index in [4.69, 9.17) is 8.83 Å². The van der Waals surface area contributed by atoms with Crippen LogP contribution in [0.4, 0.5) is 17.1 Å². The van der Waals surface area contributed by atoms with Gasteiger partial charge in [0.25, 0.3) is 0 Å². The minimum absolute atomic E-state index is 0.843. The van der Waals surface area contributed by atoms with E-state index in [1.54, 1.807) is 0 Å². The third kappa shape index (κ3) is 3.68. The van der Waals surface area contributed by atoms with Crippen LogP contribution in [0, 0.1) is 0 Å². The molecule has 0 saturated heterocycles. The van der Waals surface area contributed by atoms with Gasteiger partial charge in [0.05, 0.1) is 11.4 Å². The van der Waals surface area contributed by atoms with E-state index in [2.05, 4.69) is 132 Å². The van der Waals surface area contributed by atoms with Crippen molar-refractivity contribution in [3.63, 3.8) is 0 Å². The molecule has 0 unspecified atom stereocenters. The van der Waals surface area contributed by atoms with Gasteiger partial charge in [-0.2, -0.15) is 0 Å². The molecule has 0 bridgehead atoms. The average Bonchev–Trinajstić information content (AvgIpc) is 3.65. The van der Waals surface area contributed by atoms with Crippen LogP contribution in [0.25, 0.3) is 65.8 Å². The minimum atomic E-state index is 0.843. The first-order chi connectivity index (χ1) is 21.3. The molecule has 9 rings (SSSR count). The van der Waals surface area contributed by atoms with Gasteiger partial charge in [0.2, 0.25) is 0 Å². The van der Waals surface area contributed by atoms with Crippen molar-refractivity contribution in [3.8, 4) is 11.1 Å². The van der Waals surface area contributed by atoms with Crippen LogP contribution < -0.4 is 4.90 Å². The first-order valence-electron chi connectivity index (χ1n) is 14.5. The summed E-state index contributed by atoms with van der Waals surface area (Å²) in [6, 6.07) is 53.0. The molecule has 2 heterocycles. The second kappa shape index (κ2) is 9.37. The molecule has 43 heavy (non-hydrogen) atoms. The maximum atomic E-state index is 6.55. The Hall–Kier alpha value is -5.80. The number of nitrogens with zero attached hydrogens (tertiary/aromatic N) is 1. The lowest BCUT2D eigenvalue weighted by Crippen LogP contribution is -2.10. The van der Waals surface area contributed by atoms with Crippen molar-refractivity contribution in [1.29, 1.82) is 0 Å². The molecule has 0 atom stereocenters. The first kappa shape index (κ1) is 23.9. The summed E-state index contributed by atoms with van der Waals surface area (Å²) in [4.78, 5) is 2.27. The smallest absolute Gasteiger partial charge is 0.159 e. The van der Waals surface area contributed by atoms with Gasteiger partial charge in [0.15, 0.2) is 11.2 Å². The molecule has 9 aromatic rings. The standard InChI is InChI=1S/C40H25NO2/c1-2-12-29-26(10-1)11-7-15-30(29)27-22-24-28(25-23-27)41(35-18-8-16-33-31-13-3-5-20-37(31)42-39(33)35)36-19-9-17-34-32-14-4-6-21-38(32)43-40(34)36/h1-25H. The van der Waals surface area contributed by atoms with Gasteiger partial charge in [-0.15, -0.1) is 0 Å². The predicted molar refractivity (Wildman–Crippen MR) is 179 cm³/mol. The number of benzene rings is 7. The second-order valence-corrected chi connectivity index (χ2v) is 10.9. The lowest BCUT2D eigenvalue weighted by atomic mass is 9.98. The van der Waals surface area contributed by atoms with Gasteiger partial charge < -0.3 is 13.7 Å². The molecule has 0 aliphatic heterocycles. The van der Waals surface area contributed by atoms with Gasteiger partial charge in [-0.25, -0.2) is 0 Å². The fourth-order valence-electron chi connectivity index (χ4n) is 6.49. The summed E-state index contributed by atoms with van der Waals surface area (Å²) >= 11 is 0. The molecule has 2 aromatic heterocycles. The van der Waals surface area contributed by atoms with Gasteiger partial charge >= 0.3 is 0 Å². The second-order valence-electron chi connectivity index (χ2n) is 10.9. The summed E-state index contributed by atoms with van der Waals surface area (Å²) in [7, 11) is 0. The zero-order valence-electron chi connectivity index (χ0n) is 23.2. The number of para-hydroxylation sites is 4. The Morgan fingerprint density at radius 1 is 0.372 bits per heavy atom. The fraction of sp³-hybridized carbons (Fsp3) is 0. The summed E-state index contributed by atoms with van der Waals surface area (Å²) in [5, 5.41) is 6.86. The van der Waals surface area contributed by atoms with Crippen molar-refractivity contribution in [1.82, 2.24) is 0 Å². The molecule has 3 nitrogen and oxygen atoms in total. The lowest BCUT2D eigenvalue weighted by Gasteiger charge is -2.26. The third-order valence-electron chi connectivity index (χ3n) is 8.47. The summed E-state index contributed by atoms with van der Waals surface area (Å²) < 4.78 is 13.1.